The summed E-state index contributed by atoms with van der Waals surface area (Å²) in [5, 5.41) is 1.05. The van der Waals surface area contributed by atoms with Crippen LogP contribution in [0.25, 0.3) is 10.9 Å². The fourth-order valence-corrected chi connectivity index (χ4v) is 4.62. The van der Waals surface area contributed by atoms with E-state index in [0.29, 0.717) is 24.7 Å². The van der Waals surface area contributed by atoms with Crippen molar-refractivity contribution in [2.45, 2.75) is 44.9 Å². The number of rotatable bonds is 4. The van der Waals surface area contributed by atoms with Crippen LogP contribution in [0.15, 0.2) is 30.3 Å². The van der Waals surface area contributed by atoms with Crippen LogP contribution in [0.5, 0.6) is 0 Å². The van der Waals surface area contributed by atoms with Crippen molar-refractivity contribution >= 4 is 22.7 Å². The summed E-state index contributed by atoms with van der Waals surface area (Å²) in [4.78, 5) is 32.2. The standard InChI is InChI=1S/C21H27N3O3/c1-13(2)24-18(19(27-3)21(24)26)14-8-10-23(11-9-14)20(25)17-12-15-6-4-5-7-16(15)22-17/h4-7,12-14,18-19,22H,8-11H2,1-3H3. The normalized spacial score (nSPS) is 23.9. The second kappa shape index (κ2) is 7.00. The number of hydrogen-bond donors (Lipinski definition) is 1. The number of nitrogens with one attached hydrogen (secondary N) is 1. The number of carbonyl (C=O) groups is 2. The van der Waals surface area contributed by atoms with Crippen LogP contribution in [0.4, 0.5) is 0 Å². The smallest absolute Gasteiger partial charge is 0.270 e. The summed E-state index contributed by atoms with van der Waals surface area (Å²) < 4.78 is 5.45. The molecule has 0 aliphatic carbocycles. The Bertz CT molecular complexity index is 818. The number of β-lactam (4-membered cyclic amide) rings is 1. The van der Waals surface area contributed by atoms with Crippen LogP contribution in [0, 0.1) is 5.92 Å². The highest BCUT2D eigenvalue weighted by molar-refractivity contribution is 5.98. The molecule has 2 aliphatic heterocycles. The monoisotopic (exact) mass is 369 g/mol. The molecule has 0 spiro atoms. The number of para-hydroxylation sites is 1. The number of carbonyl (C=O) groups excluding carboxylic acids is 2. The van der Waals surface area contributed by atoms with Crippen molar-refractivity contribution in [3.63, 3.8) is 0 Å². The van der Waals surface area contributed by atoms with E-state index >= 15 is 0 Å². The van der Waals surface area contributed by atoms with Gasteiger partial charge >= 0.3 is 0 Å². The lowest BCUT2D eigenvalue weighted by atomic mass is 9.79. The Morgan fingerprint density at radius 1 is 1.22 bits per heavy atom. The SMILES string of the molecule is COC1C(=O)N(C(C)C)C1C1CCN(C(=O)c2cc3ccccc3[nH]2)CC1. The predicted molar refractivity (Wildman–Crippen MR) is 103 cm³/mol. The fourth-order valence-electron chi connectivity index (χ4n) is 4.62. The first-order valence-electron chi connectivity index (χ1n) is 9.73. The van der Waals surface area contributed by atoms with Crippen LogP contribution in [0.1, 0.15) is 37.2 Å². The van der Waals surface area contributed by atoms with Gasteiger partial charge in [0.15, 0.2) is 6.10 Å². The average molecular weight is 369 g/mol. The number of methoxy groups -OCH3 is 1. The van der Waals surface area contributed by atoms with E-state index in [1.165, 1.54) is 0 Å². The molecule has 1 aromatic heterocycles. The van der Waals surface area contributed by atoms with Crippen molar-refractivity contribution in [1.82, 2.24) is 14.8 Å². The van der Waals surface area contributed by atoms with Crippen LogP contribution >= 0.6 is 0 Å². The van der Waals surface area contributed by atoms with Crippen molar-refractivity contribution in [2.75, 3.05) is 20.2 Å². The third-order valence-electron chi connectivity index (χ3n) is 6.01. The molecule has 144 valence electrons. The zero-order valence-corrected chi connectivity index (χ0v) is 16.1. The highest BCUT2D eigenvalue weighted by Gasteiger charge is 2.52. The maximum absolute atomic E-state index is 12.9. The fraction of sp³-hybridized carbons (Fsp3) is 0.524. The number of nitrogens with zero attached hydrogens (tertiary/aromatic N) is 2. The molecule has 2 atom stereocenters. The molecule has 0 radical (unpaired) electrons. The summed E-state index contributed by atoms with van der Waals surface area (Å²) in [6.07, 6.45) is 1.47. The van der Waals surface area contributed by atoms with E-state index < -0.39 is 0 Å². The molecule has 2 aromatic rings. The summed E-state index contributed by atoms with van der Waals surface area (Å²) in [5.74, 6) is 0.522. The van der Waals surface area contributed by atoms with Crippen molar-refractivity contribution in [3.05, 3.63) is 36.0 Å². The largest absolute Gasteiger partial charge is 0.369 e. The number of ether oxygens (including phenoxy) is 1. The van der Waals surface area contributed by atoms with Crippen molar-refractivity contribution in [1.29, 1.82) is 0 Å². The Hall–Kier alpha value is -2.34. The second-order valence-electron chi connectivity index (χ2n) is 7.89. The maximum atomic E-state index is 12.9. The molecule has 4 rings (SSSR count). The van der Waals surface area contributed by atoms with Crippen LogP contribution < -0.4 is 0 Å². The van der Waals surface area contributed by atoms with Gasteiger partial charge in [0.25, 0.3) is 11.8 Å². The van der Waals surface area contributed by atoms with Gasteiger partial charge in [0, 0.05) is 37.1 Å². The van der Waals surface area contributed by atoms with Gasteiger partial charge in [0.05, 0.1) is 6.04 Å². The Balaban J connectivity index is 1.42. The molecule has 1 aromatic carbocycles. The van der Waals surface area contributed by atoms with E-state index in [9.17, 15) is 9.59 Å². The topological polar surface area (TPSA) is 65.6 Å². The Morgan fingerprint density at radius 2 is 1.93 bits per heavy atom. The molecule has 2 fully saturated rings. The van der Waals surface area contributed by atoms with Gasteiger partial charge < -0.3 is 19.5 Å². The van der Waals surface area contributed by atoms with E-state index in [0.717, 1.165) is 23.7 Å². The lowest BCUT2D eigenvalue weighted by Gasteiger charge is -2.53. The Kier molecular flexibility index (Phi) is 4.68. The van der Waals surface area contributed by atoms with Gasteiger partial charge in [-0.2, -0.15) is 0 Å². The number of likely N-dealkylation sites (tertiary alicyclic amines) is 2. The quantitative estimate of drug-likeness (QED) is 0.843. The van der Waals surface area contributed by atoms with E-state index in [-0.39, 0.29) is 30.0 Å². The van der Waals surface area contributed by atoms with E-state index in [1.54, 1.807) is 7.11 Å². The van der Waals surface area contributed by atoms with E-state index in [2.05, 4.69) is 4.98 Å². The molecule has 2 aliphatic rings. The van der Waals surface area contributed by atoms with Crippen LogP contribution in [0.3, 0.4) is 0 Å². The number of piperidine rings is 1. The number of H-pyrrole nitrogens is 1. The molecule has 0 saturated carbocycles. The summed E-state index contributed by atoms with van der Waals surface area (Å²) in [6.45, 7) is 5.52. The lowest BCUT2D eigenvalue weighted by molar-refractivity contribution is -0.181. The minimum atomic E-state index is -0.326. The van der Waals surface area contributed by atoms with Gasteiger partial charge in [-0.15, -0.1) is 0 Å². The molecule has 2 amide bonds. The molecule has 6 nitrogen and oxygen atoms in total. The zero-order chi connectivity index (χ0) is 19.1. The van der Waals surface area contributed by atoms with E-state index in [4.69, 9.17) is 4.74 Å². The number of aromatic amines is 1. The van der Waals surface area contributed by atoms with Crippen molar-refractivity contribution < 1.29 is 14.3 Å². The molecular weight excluding hydrogens is 342 g/mol. The van der Waals surface area contributed by atoms with Gasteiger partial charge in [-0.05, 0) is 44.7 Å². The first kappa shape index (κ1) is 18.0. The highest BCUT2D eigenvalue weighted by Crippen LogP contribution is 2.36. The van der Waals surface area contributed by atoms with Crippen molar-refractivity contribution in [3.8, 4) is 0 Å². The summed E-state index contributed by atoms with van der Waals surface area (Å²) >= 11 is 0. The summed E-state index contributed by atoms with van der Waals surface area (Å²) in [6, 6.07) is 10.2. The van der Waals surface area contributed by atoms with Gasteiger partial charge in [0.1, 0.15) is 5.69 Å². The van der Waals surface area contributed by atoms with Gasteiger partial charge in [-0.1, -0.05) is 18.2 Å². The Labute approximate surface area is 159 Å². The molecule has 2 saturated heterocycles. The minimum Gasteiger partial charge on any atom is -0.369 e. The van der Waals surface area contributed by atoms with Gasteiger partial charge in [0.2, 0.25) is 0 Å². The second-order valence-corrected chi connectivity index (χ2v) is 7.89. The van der Waals surface area contributed by atoms with Crippen LogP contribution in [-0.4, -0.2) is 65.0 Å². The summed E-state index contributed by atoms with van der Waals surface area (Å²) in [7, 11) is 1.61. The molecular formula is C21H27N3O3. The number of amides is 2. The van der Waals surface area contributed by atoms with Gasteiger partial charge in [-0.25, -0.2) is 0 Å². The third kappa shape index (κ3) is 3.02. The van der Waals surface area contributed by atoms with Crippen LogP contribution in [0.2, 0.25) is 0 Å². The number of aromatic nitrogens is 1. The first-order chi connectivity index (χ1) is 13.0. The minimum absolute atomic E-state index is 0.0540. The molecule has 1 N–H and O–H groups in total. The predicted octanol–water partition coefficient (Wildman–Crippen LogP) is 2.65. The number of fused-ring (bicyclic) bond motifs is 1. The highest BCUT2D eigenvalue weighted by atomic mass is 16.5. The first-order valence-corrected chi connectivity index (χ1v) is 9.73. The lowest BCUT2D eigenvalue weighted by Crippen LogP contribution is -2.70. The van der Waals surface area contributed by atoms with Crippen LogP contribution in [-0.2, 0) is 9.53 Å². The third-order valence-corrected chi connectivity index (χ3v) is 6.01. The number of benzene rings is 1. The zero-order valence-electron chi connectivity index (χ0n) is 16.1. The molecule has 6 heteroatoms. The van der Waals surface area contributed by atoms with Gasteiger partial charge in [-0.3, -0.25) is 9.59 Å². The molecule has 2 unspecified atom stereocenters. The number of hydrogen-bond acceptors (Lipinski definition) is 3. The summed E-state index contributed by atoms with van der Waals surface area (Å²) in [5.41, 5.74) is 1.63. The van der Waals surface area contributed by atoms with Crippen molar-refractivity contribution in [2.24, 2.45) is 5.92 Å². The average Bonchev–Trinajstić information content (AvgIpc) is 3.10. The molecule has 27 heavy (non-hydrogen) atoms. The van der Waals surface area contributed by atoms with E-state index in [1.807, 2.05) is 54.0 Å². The Morgan fingerprint density at radius 3 is 2.56 bits per heavy atom. The molecule has 3 heterocycles. The maximum Gasteiger partial charge on any atom is 0.270 e. The molecule has 0 bridgehead atoms.